The molecule has 0 bridgehead atoms. The zero-order valence-corrected chi connectivity index (χ0v) is 11.2. The first-order valence-electron chi connectivity index (χ1n) is 6.39. The van der Waals surface area contributed by atoms with Crippen LogP contribution in [-0.2, 0) is 4.74 Å². The Hall–Kier alpha value is -0.970. The van der Waals surface area contributed by atoms with E-state index in [4.69, 9.17) is 10.5 Å². The minimum absolute atomic E-state index is 0.114. The molecular formula is C14H23FN2O. The lowest BCUT2D eigenvalue weighted by Crippen LogP contribution is -2.30. The molecule has 0 saturated carbocycles. The normalized spacial score (nSPS) is 12.9. The first-order valence-corrected chi connectivity index (χ1v) is 6.39. The van der Waals surface area contributed by atoms with Crippen molar-refractivity contribution in [3.05, 3.63) is 35.6 Å². The van der Waals surface area contributed by atoms with Crippen molar-refractivity contribution in [3.63, 3.8) is 0 Å². The van der Waals surface area contributed by atoms with Gasteiger partial charge in [-0.3, -0.25) is 0 Å². The van der Waals surface area contributed by atoms with Gasteiger partial charge in [0.1, 0.15) is 5.82 Å². The van der Waals surface area contributed by atoms with Crippen molar-refractivity contribution in [1.29, 1.82) is 0 Å². The lowest BCUT2D eigenvalue weighted by Gasteiger charge is -2.22. The van der Waals surface area contributed by atoms with E-state index in [-0.39, 0.29) is 11.9 Å². The highest BCUT2D eigenvalue weighted by Crippen LogP contribution is 2.15. The number of nitrogens with two attached hydrogens (primary N) is 1. The molecule has 1 aromatic rings. The maximum absolute atomic E-state index is 13.1. The van der Waals surface area contributed by atoms with Crippen molar-refractivity contribution < 1.29 is 9.13 Å². The van der Waals surface area contributed by atoms with E-state index in [1.165, 1.54) is 12.1 Å². The van der Waals surface area contributed by atoms with Crippen molar-refractivity contribution in [1.82, 2.24) is 4.90 Å². The molecule has 0 spiro atoms. The number of ether oxygens (including phenoxy) is 1. The number of benzene rings is 1. The van der Waals surface area contributed by atoms with Gasteiger partial charge < -0.3 is 15.4 Å². The van der Waals surface area contributed by atoms with Crippen LogP contribution in [0.1, 0.15) is 24.9 Å². The number of rotatable bonds is 8. The molecule has 0 amide bonds. The predicted octanol–water partition coefficient (Wildman–Crippen LogP) is 2.18. The van der Waals surface area contributed by atoms with E-state index < -0.39 is 0 Å². The topological polar surface area (TPSA) is 38.5 Å². The molecular weight excluding hydrogens is 231 g/mol. The van der Waals surface area contributed by atoms with E-state index in [0.717, 1.165) is 38.2 Å². The average molecular weight is 254 g/mol. The molecule has 1 aromatic carbocycles. The van der Waals surface area contributed by atoms with Crippen molar-refractivity contribution in [2.75, 3.05) is 33.4 Å². The van der Waals surface area contributed by atoms with Crippen LogP contribution >= 0.6 is 0 Å². The quantitative estimate of drug-likeness (QED) is 0.773. The van der Waals surface area contributed by atoms with Crippen LogP contribution in [0.15, 0.2) is 24.3 Å². The zero-order valence-electron chi connectivity index (χ0n) is 11.2. The van der Waals surface area contributed by atoms with Gasteiger partial charge in [0.05, 0.1) is 6.61 Å². The molecule has 0 aliphatic heterocycles. The van der Waals surface area contributed by atoms with Crippen molar-refractivity contribution >= 4 is 0 Å². The Bertz CT molecular complexity index is 346. The molecule has 1 unspecified atom stereocenters. The Labute approximate surface area is 109 Å². The Morgan fingerprint density at radius 1 is 1.39 bits per heavy atom. The smallest absolute Gasteiger partial charge is 0.123 e. The number of halogens is 1. The van der Waals surface area contributed by atoms with Gasteiger partial charge in [-0.25, -0.2) is 4.39 Å². The second-order valence-corrected chi connectivity index (χ2v) is 4.38. The number of nitrogens with zero attached hydrogens (tertiary/aromatic N) is 1. The monoisotopic (exact) mass is 254 g/mol. The second-order valence-electron chi connectivity index (χ2n) is 4.38. The number of likely N-dealkylation sites (N-methyl/N-ethyl adjacent to an activating group) is 1. The van der Waals surface area contributed by atoms with Gasteiger partial charge in [-0.1, -0.05) is 19.1 Å². The predicted molar refractivity (Wildman–Crippen MR) is 71.9 cm³/mol. The second kappa shape index (κ2) is 8.19. The largest absolute Gasteiger partial charge is 0.383 e. The molecule has 0 heterocycles. The molecule has 1 atom stereocenters. The summed E-state index contributed by atoms with van der Waals surface area (Å²) in [6, 6.07) is 6.41. The summed E-state index contributed by atoms with van der Waals surface area (Å²) < 4.78 is 18.1. The Balaban J connectivity index is 2.42. The first-order chi connectivity index (χ1) is 8.67. The number of methoxy groups -OCH3 is 1. The van der Waals surface area contributed by atoms with E-state index in [1.54, 1.807) is 13.2 Å². The molecule has 3 nitrogen and oxygen atoms in total. The fourth-order valence-corrected chi connectivity index (χ4v) is 1.87. The van der Waals surface area contributed by atoms with Crippen LogP contribution in [0.3, 0.4) is 0 Å². The maximum atomic E-state index is 13.1. The lowest BCUT2D eigenvalue weighted by atomic mass is 10.0. The van der Waals surface area contributed by atoms with Gasteiger partial charge in [0.15, 0.2) is 0 Å². The Morgan fingerprint density at radius 2 is 2.17 bits per heavy atom. The Morgan fingerprint density at radius 3 is 2.78 bits per heavy atom. The van der Waals surface area contributed by atoms with Crippen LogP contribution in [-0.4, -0.2) is 38.3 Å². The van der Waals surface area contributed by atoms with E-state index in [9.17, 15) is 4.39 Å². The van der Waals surface area contributed by atoms with Crippen LogP contribution in [0, 0.1) is 5.82 Å². The van der Waals surface area contributed by atoms with Gasteiger partial charge in [-0.15, -0.1) is 0 Å². The van der Waals surface area contributed by atoms with Gasteiger partial charge in [0.2, 0.25) is 0 Å². The van der Waals surface area contributed by atoms with Gasteiger partial charge in [0, 0.05) is 26.2 Å². The minimum atomic E-state index is -0.227. The zero-order chi connectivity index (χ0) is 13.4. The maximum Gasteiger partial charge on any atom is 0.123 e. The van der Waals surface area contributed by atoms with E-state index in [2.05, 4.69) is 11.8 Å². The standard InChI is InChI=1S/C14H23FN2O/c1-3-17(9-10-18-2)8-7-14(16)12-5-4-6-13(15)11-12/h4-6,11,14H,3,7-10,16H2,1-2H3. The summed E-state index contributed by atoms with van der Waals surface area (Å²) in [6.07, 6.45) is 0.820. The molecule has 18 heavy (non-hydrogen) atoms. The molecule has 0 fully saturated rings. The average Bonchev–Trinajstić information content (AvgIpc) is 2.38. The summed E-state index contributed by atoms with van der Waals surface area (Å²) in [5, 5.41) is 0. The highest BCUT2D eigenvalue weighted by molar-refractivity contribution is 5.19. The molecule has 1 rings (SSSR count). The SMILES string of the molecule is CCN(CCOC)CCC(N)c1cccc(F)c1. The molecule has 0 aromatic heterocycles. The summed E-state index contributed by atoms with van der Waals surface area (Å²) >= 11 is 0. The molecule has 0 aliphatic rings. The summed E-state index contributed by atoms with van der Waals surface area (Å²) in [5.41, 5.74) is 6.93. The fourth-order valence-electron chi connectivity index (χ4n) is 1.87. The van der Waals surface area contributed by atoms with E-state index >= 15 is 0 Å². The van der Waals surface area contributed by atoms with Gasteiger partial charge in [-0.05, 0) is 30.7 Å². The Kier molecular flexibility index (Phi) is 6.86. The van der Waals surface area contributed by atoms with Gasteiger partial charge in [-0.2, -0.15) is 0 Å². The first kappa shape index (κ1) is 15.1. The van der Waals surface area contributed by atoms with Crippen LogP contribution in [0.5, 0.6) is 0 Å². The minimum Gasteiger partial charge on any atom is -0.383 e. The number of hydrogen-bond donors (Lipinski definition) is 1. The summed E-state index contributed by atoms with van der Waals surface area (Å²) in [6.45, 7) is 5.62. The van der Waals surface area contributed by atoms with Crippen molar-refractivity contribution in [2.45, 2.75) is 19.4 Å². The molecule has 102 valence electrons. The molecule has 0 radical (unpaired) electrons. The highest BCUT2D eigenvalue weighted by Gasteiger charge is 2.09. The molecule has 4 heteroatoms. The van der Waals surface area contributed by atoms with Crippen LogP contribution < -0.4 is 5.73 Å². The highest BCUT2D eigenvalue weighted by atomic mass is 19.1. The third-order valence-corrected chi connectivity index (χ3v) is 3.09. The summed E-state index contributed by atoms with van der Waals surface area (Å²) in [4.78, 5) is 2.28. The molecule has 2 N–H and O–H groups in total. The van der Waals surface area contributed by atoms with Crippen molar-refractivity contribution in [2.24, 2.45) is 5.73 Å². The third kappa shape index (κ3) is 5.12. The lowest BCUT2D eigenvalue weighted by molar-refractivity contribution is 0.149. The fraction of sp³-hybridized carbons (Fsp3) is 0.571. The number of hydrogen-bond acceptors (Lipinski definition) is 3. The molecule has 0 saturated heterocycles. The third-order valence-electron chi connectivity index (χ3n) is 3.09. The van der Waals surface area contributed by atoms with Gasteiger partial charge >= 0.3 is 0 Å². The van der Waals surface area contributed by atoms with Crippen LogP contribution in [0.4, 0.5) is 4.39 Å². The molecule has 0 aliphatic carbocycles. The van der Waals surface area contributed by atoms with E-state index in [1.807, 2.05) is 6.07 Å². The van der Waals surface area contributed by atoms with Crippen molar-refractivity contribution in [3.8, 4) is 0 Å². The van der Waals surface area contributed by atoms with Crippen LogP contribution in [0.2, 0.25) is 0 Å². The van der Waals surface area contributed by atoms with Crippen LogP contribution in [0.25, 0.3) is 0 Å². The van der Waals surface area contributed by atoms with E-state index in [0.29, 0.717) is 0 Å². The summed E-state index contributed by atoms with van der Waals surface area (Å²) in [5.74, 6) is -0.227. The summed E-state index contributed by atoms with van der Waals surface area (Å²) in [7, 11) is 1.70. The van der Waals surface area contributed by atoms with Gasteiger partial charge in [0.25, 0.3) is 0 Å².